The van der Waals surface area contributed by atoms with Gasteiger partial charge in [0.25, 0.3) is 5.82 Å². The lowest BCUT2D eigenvalue weighted by molar-refractivity contribution is -0.566. The molecule has 1 aliphatic rings. The zero-order valence-electron chi connectivity index (χ0n) is 17.4. The van der Waals surface area contributed by atoms with Gasteiger partial charge in [-0.1, -0.05) is 29.4 Å². The van der Waals surface area contributed by atoms with Gasteiger partial charge >= 0.3 is 12.1 Å². The van der Waals surface area contributed by atoms with E-state index >= 15 is 0 Å². The first kappa shape index (κ1) is 22.7. The number of carbonyl (C=O) groups excluding carboxylic acids is 1. The Labute approximate surface area is 178 Å². The summed E-state index contributed by atoms with van der Waals surface area (Å²) in [5.41, 5.74) is -1.68. The van der Waals surface area contributed by atoms with Crippen LogP contribution in [0.2, 0.25) is 0 Å². The smallest absolute Gasteiger partial charge is 0.364 e. The van der Waals surface area contributed by atoms with Gasteiger partial charge in [-0.05, 0) is 37.5 Å². The van der Waals surface area contributed by atoms with E-state index in [9.17, 15) is 18.0 Å². The molecule has 0 bridgehead atoms. The van der Waals surface area contributed by atoms with Crippen molar-refractivity contribution in [3.8, 4) is 0 Å². The Balaban J connectivity index is 1.91. The molecule has 0 spiro atoms. The quantitative estimate of drug-likeness (QED) is 0.292. The highest BCUT2D eigenvalue weighted by Crippen LogP contribution is 2.37. The second-order valence-corrected chi connectivity index (χ2v) is 7.23. The van der Waals surface area contributed by atoms with E-state index in [-0.39, 0.29) is 18.9 Å². The van der Waals surface area contributed by atoms with Gasteiger partial charge in [-0.2, -0.15) is 17.7 Å². The molecule has 1 N–H and O–H groups in total. The molecule has 2 aromatic rings. The van der Waals surface area contributed by atoms with Crippen molar-refractivity contribution >= 4 is 17.9 Å². The number of hydrogen-bond acceptors (Lipinski definition) is 5. The first-order valence-electron chi connectivity index (χ1n) is 10.0. The van der Waals surface area contributed by atoms with E-state index in [1.807, 2.05) is 6.92 Å². The van der Waals surface area contributed by atoms with Crippen LogP contribution in [0.1, 0.15) is 42.6 Å². The molecule has 0 amide bonds. The molecule has 1 aromatic carbocycles. The van der Waals surface area contributed by atoms with E-state index in [4.69, 9.17) is 9.57 Å². The predicted octanol–water partition coefficient (Wildman–Crippen LogP) is 4.16. The van der Waals surface area contributed by atoms with Crippen LogP contribution < -0.4 is 9.88 Å². The van der Waals surface area contributed by atoms with Gasteiger partial charge in [-0.25, -0.2) is 4.79 Å². The zero-order valence-corrected chi connectivity index (χ0v) is 17.4. The normalized spacial score (nSPS) is 19.7. The Bertz CT molecular complexity index is 949. The predicted molar refractivity (Wildman–Crippen MR) is 109 cm³/mol. The maximum absolute atomic E-state index is 13.5. The number of halogens is 3. The summed E-state index contributed by atoms with van der Waals surface area (Å²) in [7, 11) is 0. The van der Waals surface area contributed by atoms with Crippen molar-refractivity contribution in [2.45, 2.75) is 44.6 Å². The molecule has 0 saturated heterocycles. The molecule has 166 valence electrons. The number of rotatable bonds is 8. The van der Waals surface area contributed by atoms with Crippen LogP contribution in [0.4, 0.5) is 19.0 Å². The molecule has 0 radical (unpaired) electrons. The molecular formula is C22H25F3N3O3+. The van der Waals surface area contributed by atoms with Crippen molar-refractivity contribution in [3.63, 3.8) is 0 Å². The van der Waals surface area contributed by atoms with Gasteiger partial charge in [0.15, 0.2) is 0 Å². The molecule has 0 fully saturated rings. The van der Waals surface area contributed by atoms with Crippen LogP contribution in [0.3, 0.4) is 0 Å². The van der Waals surface area contributed by atoms with Crippen LogP contribution in [-0.2, 0) is 21.2 Å². The number of aromatic nitrogens is 1. The van der Waals surface area contributed by atoms with Gasteiger partial charge in [-0.15, -0.1) is 0 Å². The highest BCUT2D eigenvalue weighted by Gasteiger charge is 2.49. The average molecular weight is 436 g/mol. The van der Waals surface area contributed by atoms with Crippen LogP contribution in [0.15, 0.2) is 53.8 Å². The molecule has 2 unspecified atom stereocenters. The molecule has 2 atom stereocenters. The summed E-state index contributed by atoms with van der Waals surface area (Å²) in [5.74, 6) is 0.302. The zero-order chi connectivity index (χ0) is 22.5. The number of fused-ring (bicyclic) bond motifs is 1. The number of nitrogens with one attached hydrogen (secondary N) is 1. The summed E-state index contributed by atoms with van der Waals surface area (Å²) in [6, 6.07) is 10.2. The third kappa shape index (κ3) is 5.04. The number of alkyl halides is 3. The number of anilines is 1. The fourth-order valence-corrected chi connectivity index (χ4v) is 3.63. The van der Waals surface area contributed by atoms with Crippen LogP contribution in [0.25, 0.3) is 0 Å². The summed E-state index contributed by atoms with van der Waals surface area (Å²) < 4.78 is 46.7. The van der Waals surface area contributed by atoms with Crippen molar-refractivity contribution in [2.24, 2.45) is 5.16 Å². The van der Waals surface area contributed by atoms with Gasteiger partial charge in [0, 0.05) is 25.8 Å². The first-order chi connectivity index (χ1) is 14.8. The number of carbonyl (C=O) groups is 1. The van der Waals surface area contributed by atoms with Gasteiger partial charge in [0.05, 0.1) is 11.8 Å². The molecule has 31 heavy (non-hydrogen) atoms. The molecule has 1 aliphatic heterocycles. The van der Waals surface area contributed by atoms with Crippen LogP contribution in [0, 0.1) is 0 Å². The van der Waals surface area contributed by atoms with Crippen molar-refractivity contribution in [1.82, 2.24) is 0 Å². The van der Waals surface area contributed by atoms with E-state index in [2.05, 4.69) is 10.5 Å². The van der Waals surface area contributed by atoms with E-state index in [1.54, 1.807) is 37.4 Å². The molecule has 1 aromatic heterocycles. The molecule has 9 heteroatoms. The summed E-state index contributed by atoms with van der Waals surface area (Å²) in [4.78, 5) is 18.7. The lowest BCUT2D eigenvalue weighted by atomic mass is 9.74. The number of oxime groups is 1. The van der Waals surface area contributed by atoms with Crippen LogP contribution >= 0.6 is 0 Å². The first-order valence-corrected chi connectivity index (χ1v) is 10.0. The van der Waals surface area contributed by atoms with Crippen molar-refractivity contribution in [2.75, 3.05) is 18.5 Å². The largest absolute Gasteiger partial charge is 0.416 e. The van der Waals surface area contributed by atoms with E-state index in [1.165, 1.54) is 16.8 Å². The second kappa shape index (κ2) is 9.47. The minimum atomic E-state index is -4.50. The van der Waals surface area contributed by atoms with Gasteiger partial charge < -0.3 is 9.57 Å². The minimum Gasteiger partial charge on any atom is -0.364 e. The SMILES string of the molecule is CCOC(C)ON=CCCC1(c2cccc(C(F)(F)F)c2)CNc2cccc[n+]2C1=O. The maximum Gasteiger partial charge on any atom is 0.416 e. The highest BCUT2D eigenvalue weighted by molar-refractivity contribution is 5.85. The Morgan fingerprint density at radius 1 is 1.29 bits per heavy atom. The van der Waals surface area contributed by atoms with Gasteiger partial charge in [-0.3, -0.25) is 5.32 Å². The Morgan fingerprint density at radius 3 is 2.84 bits per heavy atom. The van der Waals surface area contributed by atoms with Gasteiger partial charge in [0.2, 0.25) is 6.29 Å². The molecule has 2 heterocycles. The summed E-state index contributed by atoms with van der Waals surface area (Å²) in [6.45, 7) is 4.18. The monoisotopic (exact) mass is 436 g/mol. The number of ether oxygens (including phenoxy) is 1. The Morgan fingerprint density at radius 2 is 2.10 bits per heavy atom. The van der Waals surface area contributed by atoms with Crippen molar-refractivity contribution in [1.29, 1.82) is 0 Å². The van der Waals surface area contributed by atoms with Gasteiger partial charge in [0.1, 0.15) is 12.0 Å². The fourth-order valence-electron chi connectivity index (χ4n) is 3.63. The lowest BCUT2D eigenvalue weighted by Gasteiger charge is -2.33. The average Bonchev–Trinajstić information content (AvgIpc) is 2.75. The minimum absolute atomic E-state index is 0.168. The van der Waals surface area contributed by atoms with Crippen molar-refractivity contribution in [3.05, 3.63) is 59.8 Å². The number of benzene rings is 1. The van der Waals surface area contributed by atoms with Crippen LogP contribution in [-0.4, -0.2) is 31.6 Å². The Kier molecular flexibility index (Phi) is 6.94. The molecule has 6 nitrogen and oxygen atoms in total. The highest BCUT2D eigenvalue weighted by atomic mass is 19.4. The fraction of sp³-hybridized carbons (Fsp3) is 0.409. The topological polar surface area (TPSA) is 63.8 Å². The number of hydrogen-bond donors (Lipinski definition) is 1. The van der Waals surface area contributed by atoms with Crippen molar-refractivity contribution < 1.29 is 32.1 Å². The lowest BCUT2D eigenvalue weighted by Crippen LogP contribution is -2.62. The number of nitrogens with zero attached hydrogens (tertiary/aromatic N) is 2. The molecular weight excluding hydrogens is 411 g/mol. The molecule has 0 saturated carbocycles. The second-order valence-electron chi connectivity index (χ2n) is 7.23. The summed E-state index contributed by atoms with van der Waals surface area (Å²) in [6.07, 6.45) is -1.34. The van der Waals surface area contributed by atoms with E-state index < -0.39 is 23.4 Å². The third-order valence-electron chi connectivity index (χ3n) is 5.19. The Hall–Kier alpha value is -2.94. The standard InChI is InChI=1S/C22H24F3N3O3/c1-3-30-16(2)31-27-12-7-11-21(17-8-6-9-18(14-17)22(23,24)25)15-26-19-10-4-5-13-28(19)20(21)29/h4-6,8-10,12-14,16H,3,7,11,15H2,1-2H3/p+1. The van der Waals surface area contributed by atoms with E-state index in [0.717, 1.165) is 12.1 Å². The number of pyridine rings is 1. The maximum atomic E-state index is 13.5. The van der Waals surface area contributed by atoms with E-state index in [0.29, 0.717) is 24.4 Å². The summed E-state index contributed by atoms with van der Waals surface area (Å²) >= 11 is 0. The molecule has 3 rings (SSSR count). The third-order valence-corrected chi connectivity index (χ3v) is 5.19. The van der Waals surface area contributed by atoms with Crippen LogP contribution in [0.5, 0.6) is 0 Å². The molecule has 0 aliphatic carbocycles. The summed E-state index contributed by atoms with van der Waals surface area (Å²) in [5, 5.41) is 7.04.